The average molecular weight is 397 g/mol. The molecule has 2 aromatic rings. The van der Waals surface area contributed by atoms with E-state index in [0.29, 0.717) is 12.6 Å². The summed E-state index contributed by atoms with van der Waals surface area (Å²) in [6.07, 6.45) is 8.10. The molecule has 1 aromatic carbocycles. The van der Waals surface area contributed by atoms with Crippen LogP contribution in [-0.2, 0) is 9.59 Å². The lowest BCUT2D eigenvalue weighted by atomic mass is 9.96. The molecule has 1 saturated heterocycles. The van der Waals surface area contributed by atoms with Crippen molar-refractivity contribution < 1.29 is 14.5 Å². The topological polar surface area (TPSA) is 80.5 Å². The molecule has 2 heterocycles. The highest BCUT2D eigenvalue weighted by molar-refractivity contribution is 5.92. The van der Waals surface area contributed by atoms with Gasteiger partial charge in [0.05, 0.1) is 25.3 Å². The van der Waals surface area contributed by atoms with Crippen molar-refractivity contribution in [2.24, 2.45) is 5.92 Å². The maximum Gasteiger partial charge on any atom is 0.280 e. The number of carbonyl (C=O) groups is 2. The Hall–Kier alpha value is -2.67. The molecule has 0 spiro atoms. The van der Waals surface area contributed by atoms with Crippen LogP contribution >= 0.6 is 0 Å². The number of aromatic nitrogens is 2. The Morgan fingerprint density at radius 1 is 1.00 bits per heavy atom. The Morgan fingerprint density at radius 2 is 1.72 bits per heavy atom. The second-order valence-electron chi connectivity index (χ2n) is 8.20. The molecular weight excluding hydrogens is 366 g/mol. The number of quaternary nitrogens is 1. The lowest BCUT2D eigenvalue weighted by molar-refractivity contribution is -0.897. The number of piperidine rings is 1. The van der Waals surface area contributed by atoms with Crippen LogP contribution in [-0.4, -0.2) is 41.2 Å². The van der Waals surface area contributed by atoms with E-state index >= 15 is 0 Å². The smallest absolute Gasteiger partial charge is 0.280 e. The van der Waals surface area contributed by atoms with E-state index in [4.69, 9.17) is 0 Å². The summed E-state index contributed by atoms with van der Waals surface area (Å²) in [6, 6.07) is 11.9. The number of anilines is 2. The zero-order valence-corrected chi connectivity index (χ0v) is 16.8. The number of benzene rings is 1. The van der Waals surface area contributed by atoms with Crippen molar-refractivity contribution in [1.29, 1.82) is 0 Å². The quantitative estimate of drug-likeness (QED) is 0.697. The van der Waals surface area contributed by atoms with E-state index in [0.717, 1.165) is 50.3 Å². The second kappa shape index (κ2) is 9.22. The number of nitrogens with zero attached hydrogens (tertiary/aromatic N) is 2. The second-order valence-corrected chi connectivity index (χ2v) is 8.20. The fourth-order valence-corrected chi connectivity index (χ4v) is 4.50. The maximum atomic E-state index is 12.5. The van der Waals surface area contributed by atoms with Crippen LogP contribution in [0.3, 0.4) is 0 Å². The monoisotopic (exact) mass is 396 g/mol. The van der Waals surface area contributed by atoms with Gasteiger partial charge in [0.2, 0.25) is 5.91 Å². The molecule has 2 amide bonds. The van der Waals surface area contributed by atoms with Crippen LogP contribution in [0, 0.1) is 5.92 Å². The highest BCUT2D eigenvalue weighted by atomic mass is 16.2. The van der Waals surface area contributed by atoms with Gasteiger partial charge in [0.1, 0.15) is 5.82 Å². The molecule has 1 aliphatic carbocycles. The summed E-state index contributed by atoms with van der Waals surface area (Å²) in [4.78, 5) is 26.2. The lowest BCUT2D eigenvalue weighted by Gasteiger charge is -2.28. The van der Waals surface area contributed by atoms with E-state index in [1.807, 2.05) is 41.1 Å². The third-order valence-electron chi connectivity index (χ3n) is 6.12. The van der Waals surface area contributed by atoms with E-state index in [9.17, 15) is 9.59 Å². The first-order valence-electron chi connectivity index (χ1n) is 10.7. The number of likely N-dealkylation sites (tertiary alicyclic amines) is 1. The fourth-order valence-electron chi connectivity index (χ4n) is 4.50. The van der Waals surface area contributed by atoms with Crippen LogP contribution in [0.5, 0.6) is 0 Å². The number of amides is 2. The third kappa shape index (κ3) is 5.03. The van der Waals surface area contributed by atoms with Gasteiger partial charge in [0, 0.05) is 30.5 Å². The van der Waals surface area contributed by atoms with Gasteiger partial charge in [-0.05, 0) is 25.0 Å². The summed E-state index contributed by atoms with van der Waals surface area (Å²) in [7, 11) is 0. The molecule has 0 radical (unpaired) electrons. The largest absolute Gasteiger partial charge is 0.327 e. The molecule has 4 rings (SSSR count). The van der Waals surface area contributed by atoms with Gasteiger partial charge in [-0.15, -0.1) is 0 Å². The van der Waals surface area contributed by atoms with Gasteiger partial charge in [-0.25, -0.2) is 4.68 Å². The predicted molar refractivity (Wildman–Crippen MR) is 112 cm³/mol. The van der Waals surface area contributed by atoms with E-state index in [2.05, 4.69) is 15.7 Å². The van der Waals surface area contributed by atoms with Crippen LogP contribution in [0.4, 0.5) is 11.5 Å². The zero-order valence-electron chi connectivity index (χ0n) is 16.8. The minimum atomic E-state index is 0.0193. The molecule has 1 aliphatic heterocycles. The Kier molecular flexibility index (Phi) is 6.24. The van der Waals surface area contributed by atoms with Crippen molar-refractivity contribution in [3.8, 4) is 0 Å². The third-order valence-corrected chi connectivity index (χ3v) is 6.12. The summed E-state index contributed by atoms with van der Waals surface area (Å²) in [6.45, 7) is 2.10. The summed E-state index contributed by atoms with van der Waals surface area (Å²) in [5, 5.41) is 10.4. The average Bonchev–Trinajstić information content (AvgIpc) is 3.41. The number of hydrogen-bond donors (Lipinski definition) is 3. The summed E-state index contributed by atoms with van der Waals surface area (Å²) >= 11 is 0. The Balaban J connectivity index is 1.23. The SMILES string of the molecule is O=C(C[NH+]1CCC(C(=O)Nc2ccccc2)CC1)Nc1ccnn1C1CCCC1. The Morgan fingerprint density at radius 3 is 2.45 bits per heavy atom. The molecular formula is C22H30N5O2+. The molecule has 2 aliphatic rings. The number of hydrogen-bond acceptors (Lipinski definition) is 3. The maximum absolute atomic E-state index is 12.5. The fraction of sp³-hybridized carbons (Fsp3) is 0.500. The van der Waals surface area contributed by atoms with Gasteiger partial charge in [0.25, 0.3) is 5.91 Å². The minimum Gasteiger partial charge on any atom is -0.327 e. The van der Waals surface area contributed by atoms with Gasteiger partial charge in [-0.2, -0.15) is 5.10 Å². The van der Waals surface area contributed by atoms with E-state index in [-0.39, 0.29) is 17.7 Å². The molecule has 1 aromatic heterocycles. The molecule has 7 nitrogen and oxygen atoms in total. The number of nitrogens with one attached hydrogen (secondary N) is 3. The van der Waals surface area contributed by atoms with Crippen LogP contribution in [0.15, 0.2) is 42.6 Å². The number of rotatable bonds is 6. The highest BCUT2D eigenvalue weighted by Gasteiger charge is 2.29. The molecule has 2 fully saturated rings. The van der Waals surface area contributed by atoms with E-state index < -0.39 is 0 Å². The molecule has 29 heavy (non-hydrogen) atoms. The zero-order chi connectivity index (χ0) is 20.1. The number of para-hydroxylation sites is 1. The molecule has 1 saturated carbocycles. The van der Waals surface area contributed by atoms with Gasteiger partial charge in [-0.3, -0.25) is 9.59 Å². The van der Waals surface area contributed by atoms with Crippen LogP contribution in [0.1, 0.15) is 44.6 Å². The summed E-state index contributed by atoms with van der Waals surface area (Å²) < 4.78 is 1.97. The van der Waals surface area contributed by atoms with Crippen molar-refractivity contribution in [2.75, 3.05) is 30.3 Å². The first-order chi connectivity index (χ1) is 14.2. The molecule has 0 atom stereocenters. The molecule has 0 unspecified atom stereocenters. The predicted octanol–water partition coefficient (Wildman–Crippen LogP) is 1.87. The normalized spacial score (nSPS) is 22.3. The van der Waals surface area contributed by atoms with Gasteiger partial charge >= 0.3 is 0 Å². The van der Waals surface area contributed by atoms with Crippen LogP contribution in [0.2, 0.25) is 0 Å². The van der Waals surface area contributed by atoms with Crippen molar-refractivity contribution in [1.82, 2.24) is 9.78 Å². The van der Waals surface area contributed by atoms with Crippen LogP contribution in [0.25, 0.3) is 0 Å². The molecule has 154 valence electrons. The first kappa shape index (κ1) is 19.6. The van der Waals surface area contributed by atoms with Crippen molar-refractivity contribution in [3.63, 3.8) is 0 Å². The van der Waals surface area contributed by atoms with Gasteiger partial charge < -0.3 is 15.5 Å². The first-order valence-corrected chi connectivity index (χ1v) is 10.7. The number of carbonyl (C=O) groups excluding carboxylic acids is 2. The summed E-state index contributed by atoms with van der Waals surface area (Å²) in [5.41, 5.74) is 0.838. The Labute approximate surface area is 171 Å². The Bertz CT molecular complexity index is 821. The van der Waals surface area contributed by atoms with Crippen molar-refractivity contribution in [3.05, 3.63) is 42.6 Å². The molecule has 7 heteroatoms. The molecule has 3 N–H and O–H groups in total. The van der Waals surface area contributed by atoms with E-state index in [1.54, 1.807) is 6.20 Å². The van der Waals surface area contributed by atoms with Crippen molar-refractivity contribution in [2.45, 2.75) is 44.6 Å². The van der Waals surface area contributed by atoms with Crippen LogP contribution < -0.4 is 15.5 Å². The van der Waals surface area contributed by atoms with Crippen molar-refractivity contribution >= 4 is 23.3 Å². The van der Waals surface area contributed by atoms with Gasteiger partial charge in [0.15, 0.2) is 6.54 Å². The highest BCUT2D eigenvalue weighted by Crippen LogP contribution is 2.31. The minimum absolute atomic E-state index is 0.0193. The van der Waals surface area contributed by atoms with E-state index in [1.165, 1.54) is 17.7 Å². The van der Waals surface area contributed by atoms with Gasteiger partial charge in [-0.1, -0.05) is 31.0 Å². The molecule has 0 bridgehead atoms. The lowest BCUT2D eigenvalue weighted by Crippen LogP contribution is -3.14. The standard InChI is InChI=1S/C22H29N5O2/c28-21(25-20-10-13-23-27(20)19-8-4-5-9-19)16-26-14-11-17(12-15-26)22(29)24-18-6-2-1-3-7-18/h1-3,6-7,10,13,17,19H,4-5,8-9,11-12,14-16H2,(H,24,29)(H,25,28)/p+1. The summed E-state index contributed by atoms with van der Waals surface area (Å²) in [5.74, 6) is 0.927.